The second kappa shape index (κ2) is 8.72. The van der Waals surface area contributed by atoms with Gasteiger partial charge in [-0.05, 0) is 36.4 Å². The number of methoxy groups -OCH3 is 1. The minimum atomic E-state index is -0.251. The first kappa shape index (κ1) is 20.7. The van der Waals surface area contributed by atoms with E-state index in [0.29, 0.717) is 30.2 Å². The molecule has 2 aromatic heterocycles. The summed E-state index contributed by atoms with van der Waals surface area (Å²) in [5.41, 5.74) is 2.36. The van der Waals surface area contributed by atoms with Gasteiger partial charge in [0, 0.05) is 42.5 Å². The largest absolute Gasteiger partial charge is 0.493 e. The van der Waals surface area contributed by atoms with Crippen molar-refractivity contribution in [3.63, 3.8) is 0 Å². The van der Waals surface area contributed by atoms with Crippen molar-refractivity contribution in [1.82, 2.24) is 14.8 Å². The first-order chi connectivity index (χ1) is 15.6. The van der Waals surface area contributed by atoms with E-state index < -0.39 is 0 Å². The Balaban J connectivity index is 1.20. The highest BCUT2D eigenvalue weighted by Crippen LogP contribution is 2.29. The first-order valence-corrected chi connectivity index (χ1v) is 11.3. The third-order valence-corrected chi connectivity index (χ3v) is 6.48. The van der Waals surface area contributed by atoms with Crippen molar-refractivity contribution < 1.29 is 18.3 Å². The van der Waals surface area contributed by atoms with E-state index in [0.717, 1.165) is 41.3 Å². The number of nitrogens with zero attached hydrogens (tertiary/aromatic N) is 3. The van der Waals surface area contributed by atoms with Gasteiger partial charge in [-0.2, -0.15) is 0 Å². The van der Waals surface area contributed by atoms with Crippen LogP contribution in [0.25, 0.3) is 22.2 Å². The first-order valence-electron chi connectivity index (χ1n) is 10.4. The zero-order chi connectivity index (χ0) is 22.1. The number of halogens is 1. The molecular weight excluding hydrogens is 429 g/mol. The smallest absolute Gasteiger partial charge is 0.289 e. The summed E-state index contributed by atoms with van der Waals surface area (Å²) in [6, 6.07) is 13.8. The number of aromatic nitrogens is 1. The monoisotopic (exact) mass is 451 g/mol. The molecule has 0 N–H and O–H groups in total. The van der Waals surface area contributed by atoms with E-state index in [1.807, 2.05) is 28.5 Å². The maximum absolute atomic E-state index is 13.1. The molecular formula is C24H22FN3O3S. The van der Waals surface area contributed by atoms with Gasteiger partial charge in [0.25, 0.3) is 5.91 Å². The van der Waals surface area contributed by atoms with Crippen molar-refractivity contribution >= 4 is 28.2 Å². The van der Waals surface area contributed by atoms with Crippen LogP contribution in [0.4, 0.5) is 4.39 Å². The molecule has 2 aromatic carbocycles. The summed E-state index contributed by atoms with van der Waals surface area (Å²) in [4.78, 5) is 21.8. The van der Waals surface area contributed by atoms with Crippen molar-refractivity contribution in [2.75, 3.05) is 33.3 Å². The summed E-state index contributed by atoms with van der Waals surface area (Å²) >= 11 is 1.60. The number of ether oxygens (including phenoxy) is 1. The number of hydrogen-bond acceptors (Lipinski definition) is 6. The van der Waals surface area contributed by atoms with Crippen LogP contribution in [0.5, 0.6) is 5.75 Å². The van der Waals surface area contributed by atoms with Gasteiger partial charge in [0.2, 0.25) is 0 Å². The van der Waals surface area contributed by atoms with Crippen molar-refractivity contribution in [3.05, 3.63) is 70.5 Å². The van der Waals surface area contributed by atoms with Gasteiger partial charge < -0.3 is 14.1 Å². The molecule has 0 radical (unpaired) electrons. The molecule has 0 atom stereocenters. The minimum absolute atomic E-state index is 0.101. The Bertz CT molecular complexity index is 1240. The molecule has 1 amide bonds. The number of thiazole rings is 1. The average Bonchev–Trinajstić information content (AvgIpc) is 3.46. The highest BCUT2D eigenvalue weighted by atomic mass is 32.1. The second-order valence-corrected chi connectivity index (χ2v) is 8.63. The van der Waals surface area contributed by atoms with Gasteiger partial charge in [0.05, 0.1) is 19.3 Å². The van der Waals surface area contributed by atoms with Gasteiger partial charge in [0.15, 0.2) is 17.1 Å². The summed E-state index contributed by atoms with van der Waals surface area (Å²) in [5.74, 6) is 0.603. The second-order valence-electron chi connectivity index (χ2n) is 7.69. The van der Waals surface area contributed by atoms with E-state index in [-0.39, 0.29) is 11.7 Å². The summed E-state index contributed by atoms with van der Waals surface area (Å²) in [6.07, 6.45) is 0. The summed E-state index contributed by atoms with van der Waals surface area (Å²) < 4.78 is 24.3. The van der Waals surface area contributed by atoms with Crippen molar-refractivity contribution in [2.45, 2.75) is 6.54 Å². The van der Waals surface area contributed by atoms with Crippen LogP contribution in [0.1, 0.15) is 15.6 Å². The Labute approximate surface area is 188 Å². The SMILES string of the molecule is COc1cccc2cc(C(=O)N3CCN(Cc4nc(-c5ccc(F)cc5)cs4)CC3)oc12. The van der Waals surface area contributed by atoms with E-state index in [1.165, 1.54) is 12.1 Å². The zero-order valence-corrected chi connectivity index (χ0v) is 18.4. The average molecular weight is 452 g/mol. The Morgan fingerprint density at radius 1 is 1.16 bits per heavy atom. The molecule has 0 spiro atoms. The fourth-order valence-corrected chi connectivity index (χ4v) is 4.74. The van der Waals surface area contributed by atoms with Crippen LogP contribution in [0.15, 0.2) is 58.3 Å². The van der Waals surface area contributed by atoms with Crippen LogP contribution < -0.4 is 4.74 Å². The predicted molar refractivity (Wildman–Crippen MR) is 121 cm³/mol. The number of carbonyl (C=O) groups is 1. The molecule has 4 aromatic rings. The third-order valence-electron chi connectivity index (χ3n) is 5.65. The lowest BCUT2D eigenvalue weighted by Crippen LogP contribution is -2.48. The van der Waals surface area contributed by atoms with Crippen LogP contribution in [-0.2, 0) is 6.54 Å². The summed E-state index contributed by atoms with van der Waals surface area (Å²) in [6.45, 7) is 3.52. The molecule has 0 bridgehead atoms. The van der Waals surface area contributed by atoms with Gasteiger partial charge in [-0.3, -0.25) is 9.69 Å². The van der Waals surface area contributed by atoms with Gasteiger partial charge in [0.1, 0.15) is 10.8 Å². The van der Waals surface area contributed by atoms with Crippen molar-refractivity contribution in [2.24, 2.45) is 0 Å². The molecule has 1 aliphatic heterocycles. The van der Waals surface area contributed by atoms with E-state index in [9.17, 15) is 9.18 Å². The van der Waals surface area contributed by atoms with Gasteiger partial charge in [-0.25, -0.2) is 9.37 Å². The molecule has 1 saturated heterocycles. The van der Waals surface area contributed by atoms with Gasteiger partial charge in [-0.1, -0.05) is 12.1 Å². The van der Waals surface area contributed by atoms with Gasteiger partial charge in [-0.15, -0.1) is 11.3 Å². The molecule has 8 heteroatoms. The molecule has 0 saturated carbocycles. The molecule has 6 nitrogen and oxygen atoms in total. The number of furan rings is 1. The minimum Gasteiger partial charge on any atom is -0.493 e. The summed E-state index contributed by atoms with van der Waals surface area (Å²) in [5, 5.41) is 3.86. The standard InChI is InChI=1S/C24H22FN3O3S/c1-30-20-4-2-3-17-13-21(31-23(17)20)24(29)28-11-9-27(10-12-28)14-22-26-19(15-32-22)16-5-7-18(25)8-6-16/h2-8,13,15H,9-12,14H2,1H3. The fourth-order valence-electron chi connectivity index (χ4n) is 3.90. The molecule has 0 aliphatic carbocycles. The van der Waals surface area contributed by atoms with Crippen molar-refractivity contribution in [1.29, 1.82) is 0 Å². The molecule has 32 heavy (non-hydrogen) atoms. The number of benzene rings is 2. The molecule has 1 fully saturated rings. The van der Waals surface area contributed by atoms with Crippen LogP contribution in [0.3, 0.4) is 0 Å². The van der Waals surface area contributed by atoms with E-state index in [4.69, 9.17) is 14.1 Å². The predicted octanol–water partition coefficient (Wildman–Crippen LogP) is 4.66. The third kappa shape index (κ3) is 4.11. The number of rotatable bonds is 5. The maximum Gasteiger partial charge on any atom is 0.289 e. The normalized spacial score (nSPS) is 14.8. The Morgan fingerprint density at radius 3 is 2.69 bits per heavy atom. The van der Waals surface area contributed by atoms with E-state index >= 15 is 0 Å². The number of para-hydroxylation sites is 1. The number of fused-ring (bicyclic) bond motifs is 1. The zero-order valence-electron chi connectivity index (χ0n) is 17.6. The van der Waals surface area contributed by atoms with Crippen LogP contribution in [-0.4, -0.2) is 54.0 Å². The Morgan fingerprint density at radius 2 is 1.94 bits per heavy atom. The molecule has 3 heterocycles. The van der Waals surface area contributed by atoms with Crippen LogP contribution >= 0.6 is 11.3 Å². The summed E-state index contributed by atoms with van der Waals surface area (Å²) in [7, 11) is 1.59. The topological polar surface area (TPSA) is 58.8 Å². The lowest BCUT2D eigenvalue weighted by atomic mass is 10.2. The number of amides is 1. The quantitative estimate of drug-likeness (QED) is 0.442. The van der Waals surface area contributed by atoms with E-state index in [2.05, 4.69) is 4.90 Å². The fraction of sp³-hybridized carbons (Fsp3) is 0.250. The highest BCUT2D eigenvalue weighted by Gasteiger charge is 2.25. The molecule has 1 aliphatic rings. The Kier molecular flexibility index (Phi) is 5.63. The van der Waals surface area contributed by atoms with Crippen LogP contribution in [0.2, 0.25) is 0 Å². The van der Waals surface area contributed by atoms with E-state index in [1.54, 1.807) is 36.6 Å². The molecule has 5 rings (SSSR count). The maximum atomic E-state index is 13.1. The molecule has 0 unspecified atom stereocenters. The Hall–Kier alpha value is -3.23. The van der Waals surface area contributed by atoms with Gasteiger partial charge >= 0.3 is 0 Å². The molecule has 164 valence electrons. The van der Waals surface area contributed by atoms with Crippen LogP contribution in [0, 0.1) is 5.82 Å². The number of hydrogen-bond donors (Lipinski definition) is 0. The van der Waals surface area contributed by atoms with Crippen molar-refractivity contribution in [3.8, 4) is 17.0 Å². The number of piperazine rings is 1. The number of carbonyl (C=O) groups excluding carboxylic acids is 1. The lowest BCUT2D eigenvalue weighted by Gasteiger charge is -2.33. The lowest BCUT2D eigenvalue weighted by molar-refractivity contribution is 0.0600. The highest BCUT2D eigenvalue weighted by molar-refractivity contribution is 7.09.